The van der Waals surface area contributed by atoms with Gasteiger partial charge in [-0.15, -0.1) is 0 Å². The molecule has 0 aliphatic heterocycles. The SMILES string of the molecule is C[C@]1(O)CCC2C3CC[C@H]4CC(=N/O)/C(=C\C=C\c5ccccc5)C[C@]4(C)C3CC[C@@]21C. The molecule has 3 heteroatoms. The Hall–Kier alpha value is -1.87. The molecule has 5 rings (SSSR count). The first-order valence-electron chi connectivity index (χ1n) is 12.6. The van der Waals surface area contributed by atoms with E-state index in [-0.39, 0.29) is 10.8 Å². The molecule has 0 radical (unpaired) electrons. The molecule has 0 saturated heterocycles. The van der Waals surface area contributed by atoms with Gasteiger partial charge in [-0.3, -0.25) is 0 Å². The highest BCUT2D eigenvalue weighted by Crippen LogP contribution is 2.68. The Kier molecular flexibility index (Phi) is 5.40. The summed E-state index contributed by atoms with van der Waals surface area (Å²) in [5.74, 6) is 2.66. The average Bonchev–Trinajstić information content (AvgIpc) is 3.03. The summed E-state index contributed by atoms with van der Waals surface area (Å²) in [6, 6.07) is 10.4. The second-order valence-corrected chi connectivity index (χ2v) is 11.8. The third-order valence-electron chi connectivity index (χ3n) is 10.5. The van der Waals surface area contributed by atoms with Crippen molar-refractivity contribution < 1.29 is 10.3 Å². The standard InChI is InChI=1S/C29H39NO2/c1-27-19-21(11-7-10-20-8-5-4-6-9-20)26(30-32)18-22(27)12-13-23-24(27)14-16-28(2)25(23)15-17-29(28,3)31/h4-11,22-25,31-32H,12-19H2,1-3H3/b10-7+,21-11-,30-26-/t22-,23?,24?,25?,27-,28-,29-/m0/s1. The Balaban J connectivity index is 1.42. The second kappa shape index (κ2) is 7.87. The molecule has 172 valence electrons. The van der Waals surface area contributed by atoms with Crippen molar-refractivity contribution in [3.63, 3.8) is 0 Å². The maximum absolute atomic E-state index is 11.2. The lowest BCUT2D eigenvalue weighted by molar-refractivity contribution is -0.138. The number of aliphatic hydroxyl groups is 1. The molecule has 4 fully saturated rings. The van der Waals surface area contributed by atoms with Crippen LogP contribution in [-0.4, -0.2) is 21.6 Å². The van der Waals surface area contributed by atoms with Gasteiger partial charge in [0.1, 0.15) is 0 Å². The van der Waals surface area contributed by atoms with Gasteiger partial charge in [-0.2, -0.15) is 0 Å². The molecule has 0 amide bonds. The van der Waals surface area contributed by atoms with Gasteiger partial charge in [0.2, 0.25) is 0 Å². The van der Waals surface area contributed by atoms with Gasteiger partial charge in [0.25, 0.3) is 0 Å². The highest BCUT2D eigenvalue weighted by Gasteiger charge is 2.63. The summed E-state index contributed by atoms with van der Waals surface area (Å²) in [6.07, 6.45) is 15.3. The zero-order valence-corrected chi connectivity index (χ0v) is 19.9. The number of fused-ring (bicyclic) bond motifs is 5. The zero-order chi connectivity index (χ0) is 22.6. The normalized spacial score (nSPS) is 46.2. The molecule has 3 nitrogen and oxygen atoms in total. The van der Waals surface area contributed by atoms with Crippen LogP contribution in [-0.2, 0) is 0 Å². The molecule has 1 aromatic rings. The van der Waals surface area contributed by atoms with Crippen molar-refractivity contribution in [2.45, 2.75) is 77.7 Å². The number of nitrogens with zero attached hydrogens (tertiary/aromatic N) is 1. The van der Waals surface area contributed by atoms with E-state index in [9.17, 15) is 10.3 Å². The molecular weight excluding hydrogens is 394 g/mol. The molecule has 4 aliphatic rings. The number of hydrogen-bond donors (Lipinski definition) is 2. The molecule has 32 heavy (non-hydrogen) atoms. The van der Waals surface area contributed by atoms with Crippen LogP contribution in [0.5, 0.6) is 0 Å². The Labute approximate surface area is 193 Å². The first kappa shape index (κ1) is 21.9. The predicted molar refractivity (Wildman–Crippen MR) is 131 cm³/mol. The smallest absolute Gasteiger partial charge is 0.0830 e. The van der Waals surface area contributed by atoms with E-state index in [2.05, 4.69) is 68.4 Å². The minimum Gasteiger partial charge on any atom is -0.411 e. The Bertz CT molecular complexity index is 945. The van der Waals surface area contributed by atoms with Crippen LogP contribution in [0.1, 0.15) is 77.7 Å². The average molecular weight is 434 g/mol. The molecule has 0 spiro atoms. The van der Waals surface area contributed by atoms with E-state index >= 15 is 0 Å². The molecule has 4 aliphatic carbocycles. The number of benzene rings is 1. The van der Waals surface area contributed by atoms with Crippen molar-refractivity contribution in [2.24, 2.45) is 39.7 Å². The van der Waals surface area contributed by atoms with Gasteiger partial charge < -0.3 is 10.3 Å². The summed E-state index contributed by atoms with van der Waals surface area (Å²) in [5, 5.41) is 24.7. The summed E-state index contributed by atoms with van der Waals surface area (Å²) in [5.41, 5.74) is 3.07. The van der Waals surface area contributed by atoms with Gasteiger partial charge >= 0.3 is 0 Å². The van der Waals surface area contributed by atoms with Crippen LogP contribution in [0.2, 0.25) is 0 Å². The number of oxime groups is 1. The minimum atomic E-state index is -0.517. The van der Waals surface area contributed by atoms with Gasteiger partial charge in [-0.25, -0.2) is 0 Å². The second-order valence-electron chi connectivity index (χ2n) is 11.8. The molecule has 0 heterocycles. The van der Waals surface area contributed by atoms with Crippen LogP contribution >= 0.6 is 0 Å². The van der Waals surface area contributed by atoms with Gasteiger partial charge in [-0.1, -0.05) is 67.6 Å². The highest BCUT2D eigenvalue weighted by molar-refractivity contribution is 6.01. The van der Waals surface area contributed by atoms with E-state index in [1.807, 2.05) is 6.07 Å². The quantitative estimate of drug-likeness (QED) is 0.395. The molecule has 0 aromatic heterocycles. The predicted octanol–water partition coefficient (Wildman–Crippen LogP) is 6.86. The van der Waals surface area contributed by atoms with Crippen LogP contribution in [0.15, 0.2) is 53.2 Å². The summed E-state index contributed by atoms with van der Waals surface area (Å²) in [7, 11) is 0. The highest BCUT2D eigenvalue weighted by atomic mass is 16.4. The molecule has 7 atom stereocenters. The monoisotopic (exact) mass is 433 g/mol. The fourth-order valence-corrected chi connectivity index (χ4v) is 8.37. The van der Waals surface area contributed by atoms with E-state index in [1.54, 1.807) is 0 Å². The first-order chi connectivity index (χ1) is 15.3. The van der Waals surface area contributed by atoms with E-state index < -0.39 is 5.60 Å². The Morgan fingerprint density at radius 2 is 1.72 bits per heavy atom. The van der Waals surface area contributed by atoms with Crippen LogP contribution in [0.4, 0.5) is 0 Å². The van der Waals surface area contributed by atoms with Crippen LogP contribution in [0.3, 0.4) is 0 Å². The first-order valence-corrected chi connectivity index (χ1v) is 12.6. The maximum Gasteiger partial charge on any atom is 0.0830 e. The van der Waals surface area contributed by atoms with Crippen LogP contribution in [0.25, 0.3) is 6.08 Å². The fourth-order valence-electron chi connectivity index (χ4n) is 8.37. The van der Waals surface area contributed by atoms with Gasteiger partial charge in [0.15, 0.2) is 0 Å². The lowest BCUT2D eigenvalue weighted by Crippen LogP contribution is -2.56. The van der Waals surface area contributed by atoms with E-state index in [0.717, 1.165) is 37.3 Å². The maximum atomic E-state index is 11.2. The topological polar surface area (TPSA) is 52.8 Å². The number of hydrogen-bond acceptors (Lipinski definition) is 3. The van der Waals surface area contributed by atoms with Crippen molar-refractivity contribution in [1.29, 1.82) is 0 Å². The molecule has 3 unspecified atom stereocenters. The van der Waals surface area contributed by atoms with Crippen LogP contribution in [0, 0.1) is 34.5 Å². The van der Waals surface area contributed by atoms with Crippen molar-refractivity contribution in [1.82, 2.24) is 0 Å². The van der Waals surface area contributed by atoms with Gasteiger partial charge in [0.05, 0.1) is 11.3 Å². The number of rotatable bonds is 2. The zero-order valence-electron chi connectivity index (χ0n) is 19.9. The van der Waals surface area contributed by atoms with Crippen molar-refractivity contribution in [3.05, 3.63) is 53.6 Å². The van der Waals surface area contributed by atoms with Crippen molar-refractivity contribution in [3.8, 4) is 0 Å². The molecular formula is C29H39NO2. The Morgan fingerprint density at radius 3 is 2.47 bits per heavy atom. The van der Waals surface area contributed by atoms with E-state index in [1.165, 1.54) is 36.8 Å². The number of allylic oxidation sites excluding steroid dienone is 3. The molecule has 0 bridgehead atoms. The largest absolute Gasteiger partial charge is 0.411 e. The summed E-state index contributed by atoms with van der Waals surface area (Å²) < 4.78 is 0. The summed E-state index contributed by atoms with van der Waals surface area (Å²) in [4.78, 5) is 0. The lowest BCUT2D eigenvalue weighted by Gasteiger charge is -2.61. The minimum absolute atomic E-state index is 0.0703. The van der Waals surface area contributed by atoms with Crippen molar-refractivity contribution >= 4 is 11.8 Å². The van der Waals surface area contributed by atoms with Gasteiger partial charge in [0, 0.05) is 0 Å². The third-order valence-corrected chi connectivity index (χ3v) is 10.5. The third kappa shape index (κ3) is 3.31. The van der Waals surface area contributed by atoms with Crippen LogP contribution < -0.4 is 0 Å². The molecule has 1 aromatic carbocycles. The fraction of sp³-hybridized carbons (Fsp3) is 0.621. The Morgan fingerprint density at radius 1 is 0.969 bits per heavy atom. The van der Waals surface area contributed by atoms with Crippen molar-refractivity contribution in [2.75, 3.05) is 0 Å². The lowest BCUT2D eigenvalue weighted by atomic mass is 9.44. The molecule has 2 N–H and O–H groups in total. The van der Waals surface area contributed by atoms with E-state index in [4.69, 9.17) is 0 Å². The summed E-state index contributed by atoms with van der Waals surface area (Å²) in [6.45, 7) is 6.98. The van der Waals surface area contributed by atoms with Gasteiger partial charge in [-0.05, 0) is 104 Å². The molecule has 4 saturated carbocycles. The summed E-state index contributed by atoms with van der Waals surface area (Å²) >= 11 is 0. The van der Waals surface area contributed by atoms with E-state index in [0.29, 0.717) is 17.8 Å².